The standard InChI is InChI=1S/C25H20F2N4O3S/c26-19-13-22(18-6-2-1-3-7-18)24(23(27)14-19)35(33,34)31-21-10-8-20(9-11-21)30-25(32)29-16-17-5-4-12-28-15-17/h1-15,31H,16H2,(H2,29,30,32). The summed E-state index contributed by atoms with van der Waals surface area (Å²) in [5.41, 5.74) is 1.63. The summed E-state index contributed by atoms with van der Waals surface area (Å²) in [5.74, 6) is -2.10. The number of sulfonamides is 1. The molecule has 3 N–H and O–H groups in total. The number of aromatic nitrogens is 1. The van der Waals surface area contributed by atoms with Gasteiger partial charge in [0.15, 0.2) is 0 Å². The molecule has 4 aromatic rings. The van der Waals surface area contributed by atoms with Crippen LogP contribution in [0, 0.1) is 11.6 Å². The van der Waals surface area contributed by atoms with Crippen molar-refractivity contribution in [3.63, 3.8) is 0 Å². The summed E-state index contributed by atoms with van der Waals surface area (Å²) >= 11 is 0. The third-order valence-corrected chi connectivity index (χ3v) is 6.39. The molecule has 0 aliphatic rings. The number of carbonyl (C=O) groups is 1. The Morgan fingerprint density at radius 1 is 0.886 bits per heavy atom. The van der Waals surface area contributed by atoms with Gasteiger partial charge in [-0.1, -0.05) is 36.4 Å². The molecule has 0 fully saturated rings. The van der Waals surface area contributed by atoms with Gasteiger partial charge in [0.05, 0.1) is 0 Å². The quantitative estimate of drug-likeness (QED) is 0.331. The van der Waals surface area contributed by atoms with Crippen LogP contribution in [-0.4, -0.2) is 19.4 Å². The van der Waals surface area contributed by atoms with Crippen LogP contribution in [0.15, 0.2) is 96.2 Å². The molecule has 0 radical (unpaired) electrons. The highest BCUT2D eigenvalue weighted by molar-refractivity contribution is 7.92. The van der Waals surface area contributed by atoms with E-state index in [1.54, 1.807) is 48.8 Å². The van der Waals surface area contributed by atoms with Gasteiger partial charge in [-0.3, -0.25) is 9.71 Å². The first kappa shape index (κ1) is 23.8. The zero-order chi connectivity index (χ0) is 24.8. The van der Waals surface area contributed by atoms with Crippen LogP contribution in [0.5, 0.6) is 0 Å². The Hall–Kier alpha value is -4.31. The highest BCUT2D eigenvalue weighted by Gasteiger charge is 2.25. The third kappa shape index (κ3) is 5.98. The van der Waals surface area contributed by atoms with Gasteiger partial charge in [-0.25, -0.2) is 22.0 Å². The number of benzene rings is 3. The van der Waals surface area contributed by atoms with Crippen LogP contribution in [0.3, 0.4) is 0 Å². The molecular weight excluding hydrogens is 474 g/mol. The van der Waals surface area contributed by atoms with Crippen molar-refractivity contribution >= 4 is 27.4 Å². The maximum atomic E-state index is 14.7. The first-order valence-corrected chi connectivity index (χ1v) is 11.9. The van der Waals surface area contributed by atoms with Gasteiger partial charge in [0.2, 0.25) is 0 Å². The Kier molecular flexibility index (Phi) is 7.02. The maximum Gasteiger partial charge on any atom is 0.319 e. The average molecular weight is 495 g/mol. The molecule has 7 nitrogen and oxygen atoms in total. The number of pyridine rings is 1. The molecular formula is C25H20F2N4O3S. The molecule has 3 aromatic carbocycles. The minimum Gasteiger partial charge on any atom is -0.334 e. The van der Waals surface area contributed by atoms with Crippen LogP contribution in [0.2, 0.25) is 0 Å². The Bertz CT molecular complexity index is 1430. The Balaban J connectivity index is 1.48. The predicted molar refractivity (Wildman–Crippen MR) is 129 cm³/mol. The molecule has 35 heavy (non-hydrogen) atoms. The van der Waals surface area contributed by atoms with Crippen LogP contribution < -0.4 is 15.4 Å². The largest absolute Gasteiger partial charge is 0.334 e. The van der Waals surface area contributed by atoms with E-state index in [2.05, 4.69) is 20.3 Å². The lowest BCUT2D eigenvalue weighted by Gasteiger charge is -2.14. The van der Waals surface area contributed by atoms with Crippen molar-refractivity contribution < 1.29 is 22.0 Å². The van der Waals surface area contributed by atoms with Gasteiger partial charge in [0.25, 0.3) is 10.0 Å². The van der Waals surface area contributed by atoms with E-state index < -0.39 is 32.6 Å². The smallest absolute Gasteiger partial charge is 0.319 e. The number of nitrogens with zero attached hydrogens (tertiary/aromatic N) is 1. The van der Waals surface area contributed by atoms with E-state index in [9.17, 15) is 22.0 Å². The molecule has 1 heterocycles. The van der Waals surface area contributed by atoms with Crippen molar-refractivity contribution in [2.24, 2.45) is 0 Å². The molecule has 1 aromatic heterocycles. The molecule has 0 saturated heterocycles. The highest BCUT2D eigenvalue weighted by atomic mass is 32.2. The van der Waals surface area contributed by atoms with Gasteiger partial charge >= 0.3 is 6.03 Å². The maximum absolute atomic E-state index is 14.7. The molecule has 10 heteroatoms. The molecule has 0 bridgehead atoms. The molecule has 0 saturated carbocycles. The topological polar surface area (TPSA) is 100 Å². The van der Waals surface area contributed by atoms with Crippen LogP contribution >= 0.6 is 0 Å². The lowest BCUT2D eigenvalue weighted by Crippen LogP contribution is -2.28. The zero-order valence-corrected chi connectivity index (χ0v) is 19.0. The Morgan fingerprint density at radius 3 is 2.29 bits per heavy atom. The highest BCUT2D eigenvalue weighted by Crippen LogP contribution is 2.32. The van der Waals surface area contributed by atoms with Crippen LogP contribution in [-0.2, 0) is 16.6 Å². The molecule has 0 aliphatic heterocycles. The summed E-state index contributed by atoms with van der Waals surface area (Å²) in [6, 6.07) is 18.5. The Labute approximate surface area is 200 Å². The molecule has 0 atom stereocenters. The molecule has 2 amide bonds. The first-order valence-electron chi connectivity index (χ1n) is 10.4. The van der Waals surface area contributed by atoms with E-state index in [-0.39, 0.29) is 17.8 Å². The second-order valence-electron chi connectivity index (χ2n) is 7.48. The van der Waals surface area contributed by atoms with E-state index >= 15 is 0 Å². The van der Waals surface area contributed by atoms with Crippen LogP contribution in [0.4, 0.5) is 25.0 Å². The Morgan fingerprint density at radius 2 is 1.60 bits per heavy atom. The molecule has 0 aliphatic carbocycles. The van der Waals surface area contributed by atoms with Crippen molar-refractivity contribution in [3.8, 4) is 11.1 Å². The monoisotopic (exact) mass is 494 g/mol. The van der Waals surface area contributed by atoms with Gasteiger partial charge in [0, 0.05) is 41.9 Å². The van der Waals surface area contributed by atoms with E-state index in [1.807, 2.05) is 6.07 Å². The molecule has 4 rings (SSSR count). The zero-order valence-electron chi connectivity index (χ0n) is 18.2. The summed E-state index contributed by atoms with van der Waals surface area (Å²) < 4.78 is 57.0. The summed E-state index contributed by atoms with van der Waals surface area (Å²) in [7, 11) is -4.41. The number of hydrogen-bond donors (Lipinski definition) is 3. The van der Waals surface area contributed by atoms with E-state index in [0.717, 1.165) is 11.6 Å². The van der Waals surface area contributed by atoms with Gasteiger partial charge in [-0.05, 0) is 47.5 Å². The summed E-state index contributed by atoms with van der Waals surface area (Å²) in [4.78, 5) is 15.4. The SMILES string of the molecule is O=C(NCc1cccnc1)Nc1ccc(NS(=O)(=O)c2c(F)cc(F)cc2-c2ccccc2)cc1. The van der Waals surface area contributed by atoms with Crippen LogP contribution in [0.1, 0.15) is 5.56 Å². The minimum absolute atomic E-state index is 0.0980. The van der Waals surface area contributed by atoms with Crippen molar-refractivity contribution in [1.82, 2.24) is 10.3 Å². The van der Waals surface area contributed by atoms with E-state index in [4.69, 9.17) is 0 Å². The van der Waals surface area contributed by atoms with Crippen molar-refractivity contribution in [2.45, 2.75) is 11.4 Å². The number of carbonyl (C=O) groups excluding carboxylic acids is 1. The summed E-state index contributed by atoms with van der Waals surface area (Å²) in [6.07, 6.45) is 3.26. The number of anilines is 2. The number of nitrogens with one attached hydrogen (secondary N) is 3. The third-order valence-electron chi connectivity index (χ3n) is 4.93. The lowest BCUT2D eigenvalue weighted by atomic mass is 10.1. The number of urea groups is 1. The first-order chi connectivity index (χ1) is 16.8. The minimum atomic E-state index is -4.41. The summed E-state index contributed by atoms with van der Waals surface area (Å²) in [6.45, 7) is 0.282. The number of halogens is 2. The van der Waals surface area contributed by atoms with Crippen LogP contribution in [0.25, 0.3) is 11.1 Å². The second kappa shape index (κ2) is 10.3. The fourth-order valence-corrected chi connectivity index (χ4v) is 4.68. The lowest BCUT2D eigenvalue weighted by molar-refractivity contribution is 0.251. The molecule has 0 spiro atoms. The number of hydrogen-bond acceptors (Lipinski definition) is 4. The van der Waals surface area contributed by atoms with Crippen molar-refractivity contribution in [1.29, 1.82) is 0 Å². The van der Waals surface area contributed by atoms with E-state index in [1.165, 1.54) is 24.3 Å². The molecule has 178 valence electrons. The van der Waals surface area contributed by atoms with Crippen molar-refractivity contribution in [2.75, 3.05) is 10.0 Å². The molecule has 0 unspecified atom stereocenters. The van der Waals surface area contributed by atoms with E-state index in [0.29, 0.717) is 17.3 Å². The fourth-order valence-electron chi connectivity index (χ4n) is 3.35. The number of rotatable bonds is 7. The second-order valence-corrected chi connectivity index (χ2v) is 9.10. The van der Waals surface area contributed by atoms with Crippen molar-refractivity contribution in [3.05, 3.63) is 108 Å². The fraction of sp³-hybridized carbons (Fsp3) is 0.0400. The normalized spacial score (nSPS) is 11.0. The van der Waals surface area contributed by atoms with Gasteiger partial charge < -0.3 is 10.6 Å². The van der Waals surface area contributed by atoms with Gasteiger partial charge in [-0.2, -0.15) is 0 Å². The summed E-state index contributed by atoms with van der Waals surface area (Å²) in [5, 5.41) is 5.31. The van der Waals surface area contributed by atoms with Gasteiger partial charge in [0.1, 0.15) is 16.5 Å². The number of amides is 2. The van der Waals surface area contributed by atoms with Gasteiger partial charge in [-0.15, -0.1) is 0 Å². The average Bonchev–Trinajstić information content (AvgIpc) is 2.84. The predicted octanol–water partition coefficient (Wildman–Crippen LogP) is 5.15.